The van der Waals surface area contributed by atoms with E-state index < -0.39 is 47.5 Å². The molecule has 0 saturated heterocycles. The van der Waals surface area contributed by atoms with E-state index in [1.807, 2.05) is 44.2 Å². The molecule has 0 aliphatic heterocycles. The van der Waals surface area contributed by atoms with Crippen LogP contribution in [-0.4, -0.2) is 46.1 Å². The first-order chi connectivity index (χ1) is 14.6. The molecule has 0 aliphatic rings. The number of para-hydroxylation sites is 1. The van der Waals surface area contributed by atoms with Crippen LogP contribution in [0.1, 0.15) is 48.5 Å². The van der Waals surface area contributed by atoms with Crippen LogP contribution >= 0.6 is 0 Å². The highest BCUT2D eigenvalue weighted by Gasteiger charge is 2.29. The molecule has 0 spiro atoms. The minimum absolute atomic E-state index is 0.0468. The first-order valence-electron chi connectivity index (χ1n) is 9.82. The number of primary amides is 1. The maximum absolute atomic E-state index is 12.5. The van der Waals surface area contributed by atoms with E-state index in [4.69, 9.17) is 15.2 Å². The average Bonchev–Trinajstić information content (AvgIpc) is 2.72. The van der Waals surface area contributed by atoms with Gasteiger partial charge in [0.2, 0.25) is 0 Å². The molecule has 1 aromatic carbocycles. The standard InChI is InChI=1S/C22H27N3O6/c1-12(2)19(31-15-8-6-5-7-9-15)14(4)30-22(29)13(3)25-21(28)17-18(26)16(20(23)27)10-11-24-17/h5-14,19,26H,1-4H3,(H2,23,27)(H,25,28)/t13-,14?,19?/m0/s1. The monoisotopic (exact) mass is 429 g/mol. The van der Waals surface area contributed by atoms with Gasteiger partial charge in [-0.15, -0.1) is 0 Å². The van der Waals surface area contributed by atoms with Gasteiger partial charge in [-0.25, -0.2) is 9.78 Å². The van der Waals surface area contributed by atoms with Gasteiger partial charge in [-0.2, -0.15) is 0 Å². The highest BCUT2D eigenvalue weighted by molar-refractivity contribution is 6.02. The molecule has 1 aromatic heterocycles. The van der Waals surface area contributed by atoms with Crippen molar-refractivity contribution in [3.63, 3.8) is 0 Å². The van der Waals surface area contributed by atoms with Crippen LogP contribution in [0.15, 0.2) is 42.6 Å². The number of esters is 1. The number of benzene rings is 1. The number of carbonyl (C=O) groups is 3. The van der Waals surface area contributed by atoms with E-state index in [0.717, 1.165) is 6.20 Å². The van der Waals surface area contributed by atoms with Crippen molar-refractivity contribution in [3.05, 3.63) is 53.9 Å². The van der Waals surface area contributed by atoms with Gasteiger partial charge in [0.25, 0.3) is 11.8 Å². The van der Waals surface area contributed by atoms with Gasteiger partial charge >= 0.3 is 5.97 Å². The second-order valence-corrected chi connectivity index (χ2v) is 7.40. The lowest BCUT2D eigenvalue weighted by Crippen LogP contribution is -2.44. The molecule has 4 N–H and O–H groups in total. The number of nitrogens with two attached hydrogens (primary N) is 1. The molecular weight excluding hydrogens is 402 g/mol. The largest absolute Gasteiger partial charge is 0.505 e. The predicted molar refractivity (Wildman–Crippen MR) is 113 cm³/mol. The third-order valence-electron chi connectivity index (χ3n) is 4.54. The van der Waals surface area contributed by atoms with E-state index in [2.05, 4.69) is 10.3 Å². The van der Waals surface area contributed by atoms with Crippen molar-refractivity contribution in [2.24, 2.45) is 11.7 Å². The van der Waals surface area contributed by atoms with Crippen molar-refractivity contribution in [1.29, 1.82) is 0 Å². The molecule has 0 radical (unpaired) electrons. The van der Waals surface area contributed by atoms with Gasteiger partial charge in [-0.3, -0.25) is 9.59 Å². The number of carbonyl (C=O) groups excluding carboxylic acids is 3. The summed E-state index contributed by atoms with van der Waals surface area (Å²) in [7, 11) is 0. The summed E-state index contributed by atoms with van der Waals surface area (Å²) in [5.41, 5.74) is 4.48. The number of hydrogen-bond acceptors (Lipinski definition) is 7. The summed E-state index contributed by atoms with van der Waals surface area (Å²) in [6, 6.07) is 9.33. The van der Waals surface area contributed by atoms with Gasteiger partial charge in [0, 0.05) is 6.20 Å². The highest BCUT2D eigenvalue weighted by Crippen LogP contribution is 2.21. The van der Waals surface area contributed by atoms with Gasteiger partial charge in [-0.1, -0.05) is 32.0 Å². The SMILES string of the molecule is CC(C)C(Oc1ccccc1)C(C)OC(=O)[C@H](C)NC(=O)c1nccc(C(N)=O)c1O. The van der Waals surface area contributed by atoms with Gasteiger partial charge in [0.15, 0.2) is 11.4 Å². The second-order valence-electron chi connectivity index (χ2n) is 7.40. The van der Waals surface area contributed by atoms with Crippen molar-refractivity contribution in [1.82, 2.24) is 10.3 Å². The molecule has 3 atom stereocenters. The number of nitrogens with one attached hydrogen (secondary N) is 1. The maximum Gasteiger partial charge on any atom is 0.328 e. The van der Waals surface area contributed by atoms with Crippen molar-refractivity contribution in [2.75, 3.05) is 0 Å². The van der Waals surface area contributed by atoms with E-state index in [-0.39, 0.29) is 11.5 Å². The Morgan fingerprint density at radius 3 is 2.29 bits per heavy atom. The summed E-state index contributed by atoms with van der Waals surface area (Å²) in [5, 5.41) is 12.4. The summed E-state index contributed by atoms with van der Waals surface area (Å²) in [6.07, 6.45) is 0.150. The van der Waals surface area contributed by atoms with Crippen molar-refractivity contribution >= 4 is 17.8 Å². The zero-order valence-electron chi connectivity index (χ0n) is 17.9. The zero-order valence-corrected chi connectivity index (χ0v) is 17.9. The molecule has 0 saturated carbocycles. The molecule has 0 aliphatic carbocycles. The number of pyridine rings is 1. The first-order valence-corrected chi connectivity index (χ1v) is 9.82. The quantitative estimate of drug-likeness (QED) is 0.518. The molecule has 0 fully saturated rings. The minimum atomic E-state index is -1.04. The van der Waals surface area contributed by atoms with Crippen LogP contribution in [0.2, 0.25) is 0 Å². The summed E-state index contributed by atoms with van der Waals surface area (Å²) in [6.45, 7) is 7.04. The number of aromatic nitrogens is 1. The van der Waals surface area contributed by atoms with E-state index in [0.29, 0.717) is 5.75 Å². The fourth-order valence-electron chi connectivity index (χ4n) is 2.93. The number of nitrogens with zero attached hydrogens (tertiary/aromatic N) is 1. The van der Waals surface area contributed by atoms with Crippen LogP contribution in [0.4, 0.5) is 0 Å². The Bertz CT molecular complexity index is 932. The van der Waals surface area contributed by atoms with Crippen LogP contribution in [0.5, 0.6) is 11.5 Å². The highest BCUT2D eigenvalue weighted by atomic mass is 16.6. The Labute approximate surface area is 180 Å². The second kappa shape index (κ2) is 10.4. The van der Waals surface area contributed by atoms with E-state index in [9.17, 15) is 19.5 Å². The normalized spacial score (nSPS) is 13.7. The Morgan fingerprint density at radius 2 is 1.71 bits per heavy atom. The van der Waals surface area contributed by atoms with Crippen LogP contribution in [0.3, 0.4) is 0 Å². The van der Waals surface area contributed by atoms with Gasteiger partial charge < -0.3 is 25.6 Å². The summed E-state index contributed by atoms with van der Waals surface area (Å²) < 4.78 is 11.5. The fraction of sp³-hybridized carbons (Fsp3) is 0.364. The minimum Gasteiger partial charge on any atom is -0.505 e. The Balaban J connectivity index is 2.03. The Kier molecular flexibility index (Phi) is 7.95. The number of rotatable bonds is 9. The third kappa shape index (κ3) is 6.18. The Morgan fingerprint density at radius 1 is 1.06 bits per heavy atom. The van der Waals surface area contributed by atoms with Crippen LogP contribution in [0, 0.1) is 5.92 Å². The van der Waals surface area contributed by atoms with Crippen LogP contribution < -0.4 is 15.8 Å². The van der Waals surface area contributed by atoms with Gasteiger partial charge in [0.05, 0.1) is 5.56 Å². The first kappa shape index (κ1) is 23.7. The molecule has 166 valence electrons. The molecule has 2 aromatic rings. The average molecular weight is 429 g/mol. The van der Waals surface area contributed by atoms with E-state index in [1.165, 1.54) is 13.0 Å². The van der Waals surface area contributed by atoms with Crippen molar-refractivity contribution < 1.29 is 29.0 Å². The lowest BCUT2D eigenvalue weighted by molar-refractivity contribution is -0.155. The summed E-state index contributed by atoms with van der Waals surface area (Å²) in [4.78, 5) is 40.0. The molecule has 0 bridgehead atoms. The molecule has 9 heteroatoms. The van der Waals surface area contributed by atoms with Crippen molar-refractivity contribution in [2.45, 2.75) is 45.9 Å². The molecule has 2 rings (SSSR count). The van der Waals surface area contributed by atoms with Crippen LogP contribution in [0.25, 0.3) is 0 Å². The maximum atomic E-state index is 12.5. The number of amides is 2. The number of hydrogen-bond donors (Lipinski definition) is 3. The van der Waals surface area contributed by atoms with Crippen LogP contribution in [-0.2, 0) is 9.53 Å². The van der Waals surface area contributed by atoms with Gasteiger partial charge in [-0.05, 0) is 38.0 Å². The third-order valence-corrected chi connectivity index (χ3v) is 4.54. The van der Waals surface area contributed by atoms with Gasteiger partial charge in [0.1, 0.15) is 24.0 Å². The summed E-state index contributed by atoms with van der Waals surface area (Å²) >= 11 is 0. The Hall–Kier alpha value is -3.62. The summed E-state index contributed by atoms with van der Waals surface area (Å²) in [5.74, 6) is -2.40. The van der Waals surface area contributed by atoms with E-state index in [1.54, 1.807) is 6.92 Å². The molecule has 1 heterocycles. The molecule has 9 nitrogen and oxygen atoms in total. The molecular formula is C22H27N3O6. The number of aromatic hydroxyl groups is 1. The lowest BCUT2D eigenvalue weighted by atomic mass is 10.0. The van der Waals surface area contributed by atoms with Crippen molar-refractivity contribution in [3.8, 4) is 11.5 Å². The molecule has 31 heavy (non-hydrogen) atoms. The lowest BCUT2D eigenvalue weighted by Gasteiger charge is -2.29. The van der Waals surface area contributed by atoms with E-state index >= 15 is 0 Å². The zero-order chi connectivity index (χ0) is 23.1. The predicted octanol–water partition coefficient (Wildman–Crippen LogP) is 2.04. The number of ether oxygens (including phenoxy) is 2. The fourth-order valence-corrected chi connectivity index (χ4v) is 2.93. The topological polar surface area (TPSA) is 141 Å². The molecule has 2 unspecified atom stereocenters. The smallest absolute Gasteiger partial charge is 0.328 e. The molecule has 2 amide bonds.